The summed E-state index contributed by atoms with van der Waals surface area (Å²) in [4.78, 5) is 17.7. The lowest BCUT2D eigenvalue weighted by Gasteiger charge is -2.30. The number of carbonyl (C=O) groups is 1. The van der Waals surface area contributed by atoms with E-state index in [0.717, 1.165) is 48.9 Å². The number of hydrogen-bond donors (Lipinski definition) is 2. The van der Waals surface area contributed by atoms with Gasteiger partial charge in [-0.05, 0) is 12.1 Å². The van der Waals surface area contributed by atoms with Crippen LogP contribution in [0.25, 0.3) is 11.3 Å². The number of hydrogen-bond acceptors (Lipinski definition) is 6. The van der Waals surface area contributed by atoms with Gasteiger partial charge in [-0.15, -0.1) is 11.3 Å². The molecule has 3 N–H and O–H groups in total. The molecule has 22 heavy (non-hydrogen) atoms. The predicted octanol–water partition coefficient (Wildman–Crippen LogP) is 2.19. The summed E-state index contributed by atoms with van der Waals surface area (Å²) in [6, 6.07) is 5.96. The lowest BCUT2D eigenvalue weighted by molar-refractivity contribution is -0.114. The zero-order valence-corrected chi connectivity index (χ0v) is 13.2. The molecule has 1 saturated heterocycles. The zero-order valence-electron chi connectivity index (χ0n) is 12.3. The molecule has 0 spiro atoms. The number of benzene rings is 1. The first-order valence-corrected chi connectivity index (χ1v) is 7.97. The fourth-order valence-electron chi connectivity index (χ4n) is 2.42. The lowest BCUT2D eigenvalue weighted by Crippen LogP contribution is -2.36. The molecule has 116 valence electrons. The van der Waals surface area contributed by atoms with Crippen molar-refractivity contribution in [3.8, 4) is 11.3 Å². The largest absolute Gasteiger partial charge is 0.397 e. The number of anilines is 3. The smallest absolute Gasteiger partial charge is 0.223 e. The SMILES string of the molecule is CC(=O)Nc1nc(-c2ccc(N3CCOCC3)c(N)c2)cs1. The highest BCUT2D eigenvalue weighted by Crippen LogP contribution is 2.31. The predicted molar refractivity (Wildman–Crippen MR) is 89.3 cm³/mol. The fourth-order valence-corrected chi connectivity index (χ4v) is 3.19. The van der Waals surface area contributed by atoms with Gasteiger partial charge < -0.3 is 20.7 Å². The van der Waals surface area contributed by atoms with Crippen LogP contribution in [0.15, 0.2) is 23.6 Å². The van der Waals surface area contributed by atoms with Gasteiger partial charge in [-0.1, -0.05) is 6.07 Å². The van der Waals surface area contributed by atoms with Gasteiger partial charge in [0, 0.05) is 31.0 Å². The number of aromatic nitrogens is 1. The molecule has 0 radical (unpaired) electrons. The summed E-state index contributed by atoms with van der Waals surface area (Å²) in [7, 11) is 0. The number of morpholine rings is 1. The average molecular weight is 318 g/mol. The Hall–Kier alpha value is -2.12. The van der Waals surface area contributed by atoms with Gasteiger partial charge in [-0.3, -0.25) is 4.79 Å². The van der Waals surface area contributed by atoms with Crippen LogP contribution in [-0.4, -0.2) is 37.2 Å². The number of nitrogens with zero attached hydrogens (tertiary/aromatic N) is 2. The second-order valence-electron chi connectivity index (χ2n) is 5.09. The van der Waals surface area contributed by atoms with Crippen LogP contribution in [0.3, 0.4) is 0 Å². The number of carbonyl (C=O) groups excluding carboxylic acids is 1. The number of nitrogens with one attached hydrogen (secondary N) is 1. The van der Waals surface area contributed by atoms with Crippen molar-refractivity contribution in [1.29, 1.82) is 0 Å². The molecule has 0 atom stereocenters. The third-order valence-electron chi connectivity index (χ3n) is 3.46. The highest BCUT2D eigenvalue weighted by Gasteiger charge is 2.15. The van der Waals surface area contributed by atoms with Crippen LogP contribution in [0.2, 0.25) is 0 Å². The lowest BCUT2D eigenvalue weighted by atomic mass is 10.1. The quantitative estimate of drug-likeness (QED) is 0.848. The average Bonchev–Trinajstić information content (AvgIpc) is 2.95. The van der Waals surface area contributed by atoms with Crippen molar-refractivity contribution < 1.29 is 9.53 Å². The molecule has 3 rings (SSSR count). The summed E-state index contributed by atoms with van der Waals surface area (Å²) in [5.41, 5.74) is 9.72. The Balaban J connectivity index is 1.81. The van der Waals surface area contributed by atoms with Crippen molar-refractivity contribution >= 4 is 33.8 Å². The van der Waals surface area contributed by atoms with E-state index in [0.29, 0.717) is 5.13 Å². The Bertz CT molecular complexity index is 680. The molecule has 1 aromatic carbocycles. The maximum absolute atomic E-state index is 11.1. The molecule has 0 unspecified atom stereocenters. The van der Waals surface area contributed by atoms with Crippen molar-refractivity contribution in [1.82, 2.24) is 4.98 Å². The van der Waals surface area contributed by atoms with E-state index in [2.05, 4.69) is 15.2 Å². The Kier molecular flexibility index (Phi) is 4.26. The Morgan fingerprint density at radius 3 is 2.86 bits per heavy atom. The first-order valence-electron chi connectivity index (χ1n) is 7.09. The van der Waals surface area contributed by atoms with E-state index >= 15 is 0 Å². The van der Waals surface area contributed by atoms with Crippen LogP contribution in [0, 0.1) is 0 Å². The van der Waals surface area contributed by atoms with Crippen LogP contribution in [0.1, 0.15) is 6.92 Å². The molecular weight excluding hydrogens is 300 g/mol. The van der Waals surface area contributed by atoms with E-state index in [4.69, 9.17) is 10.5 Å². The molecule has 1 aromatic heterocycles. The molecule has 6 nitrogen and oxygen atoms in total. The minimum atomic E-state index is -0.122. The first kappa shape index (κ1) is 14.8. The van der Waals surface area contributed by atoms with Gasteiger partial charge in [-0.2, -0.15) is 0 Å². The number of nitrogen functional groups attached to an aromatic ring is 1. The maximum atomic E-state index is 11.1. The van der Waals surface area contributed by atoms with Crippen LogP contribution >= 0.6 is 11.3 Å². The van der Waals surface area contributed by atoms with Gasteiger partial charge in [-0.25, -0.2) is 4.98 Å². The fraction of sp³-hybridized carbons (Fsp3) is 0.333. The summed E-state index contributed by atoms with van der Waals surface area (Å²) >= 11 is 1.40. The summed E-state index contributed by atoms with van der Waals surface area (Å²) in [6.07, 6.45) is 0. The molecule has 7 heteroatoms. The topological polar surface area (TPSA) is 80.5 Å². The summed E-state index contributed by atoms with van der Waals surface area (Å²) in [6.45, 7) is 4.64. The molecule has 1 aliphatic heterocycles. The van der Waals surface area contributed by atoms with E-state index in [1.54, 1.807) is 0 Å². The minimum Gasteiger partial charge on any atom is -0.397 e. The Labute approximate surface area is 132 Å². The number of amides is 1. The van der Waals surface area contributed by atoms with Crippen molar-refractivity contribution in [2.24, 2.45) is 0 Å². The minimum absolute atomic E-state index is 0.122. The zero-order chi connectivity index (χ0) is 15.5. The van der Waals surface area contributed by atoms with E-state index < -0.39 is 0 Å². The van der Waals surface area contributed by atoms with Gasteiger partial charge in [0.05, 0.1) is 30.3 Å². The van der Waals surface area contributed by atoms with Crippen LogP contribution in [-0.2, 0) is 9.53 Å². The third-order valence-corrected chi connectivity index (χ3v) is 4.22. The van der Waals surface area contributed by atoms with E-state index in [1.165, 1.54) is 18.3 Å². The number of ether oxygens (including phenoxy) is 1. The van der Waals surface area contributed by atoms with Gasteiger partial charge >= 0.3 is 0 Å². The van der Waals surface area contributed by atoms with Crippen molar-refractivity contribution in [3.05, 3.63) is 23.6 Å². The highest BCUT2D eigenvalue weighted by molar-refractivity contribution is 7.14. The molecule has 0 saturated carbocycles. The van der Waals surface area contributed by atoms with Gasteiger partial charge in [0.2, 0.25) is 5.91 Å². The summed E-state index contributed by atoms with van der Waals surface area (Å²) in [5, 5.41) is 5.19. The second-order valence-corrected chi connectivity index (χ2v) is 5.95. The number of thiazole rings is 1. The van der Waals surface area contributed by atoms with Crippen molar-refractivity contribution in [2.45, 2.75) is 6.92 Å². The van der Waals surface area contributed by atoms with Gasteiger partial charge in [0.15, 0.2) is 5.13 Å². The number of nitrogens with two attached hydrogens (primary N) is 1. The molecule has 1 fully saturated rings. The standard InChI is InChI=1S/C15H18N4O2S/c1-10(20)17-15-18-13(9-22-15)11-2-3-14(12(16)8-11)19-4-6-21-7-5-19/h2-3,8-9H,4-7,16H2,1H3,(H,17,18,20). The van der Waals surface area contributed by atoms with Crippen molar-refractivity contribution in [2.75, 3.05) is 42.3 Å². The van der Waals surface area contributed by atoms with E-state index in [-0.39, 0.29) is 5.91 Å². The van der Waals surface area contributed by atoms with Gasteiger partial charge in [0.25, 0.3) is 0 Å². The molecular formula is C15H18N4O2S. The number of rotatable bonds is 3. The molecule has 1 aliphatic rings. The molecule has 2 aromatic rings. The van der Waals surface area contributed by atoms with Gasteiger partial charge in [0.1, 0.15) is 0 Å². The first-order chi connectivity index (χ1) is 10.6. The maximum Gasteiger partial charge on any atom is 0.223 e. The summed E-state index contributed by atoms with van der Waals surface area (Å²) < 4.78 is 5.36. The monoisotopic (exact) mass is 318 g/mol. The van der Waals surface area contributed by atoms with E-state index in [9.17, 15) is 4.79 Å². The Morgan fingerprint density at radius 1 is 1.41 bits per heavy atom. The third kappa shape index (κ3) is 3.20. The summed E-state index contributed by atoms with van der Waals surface area (Å²) in [5.74, 6) is -0.122. The molecule has 2 heterocycles. The van der Waals surface area contributed by atoms with Crippen LogP contribution in [0.4, 0.5) is 16.5 Å². The molecule has 0 bridgehead atoms. The molecule has 0 aliphatic carbocycles. The normalized spacial score (nSPS) is 14.9. The molecule has 1 amide bonds. The highest BCUT2D eigenvalue weighted by atomic mass is 32.1. The van der Waals surface area contributed by atoms with E-state index in [1.807, 2.05) is 23.6 Å². The van der Waals surface area contributed by atoms with Crippen LogP contribution in [0.5, 0.6) is 0 Å². The van der Waals surface area contributed by atoms with Crippen LogP contribution < -0.4 is 16.0 Å². The Morgan fingerprint density at radius 2 is 2.18 bits per heavy atom. The van der Waals surface area contributed by atoms with Crippen molar-refractivity contribution in [3.63, 3.8) is 0 Å². The second kappa shape index (κ2) is 6.33.